The number of amides is 4. The summed E-state index contributed by atoms with van der Waals surface area (Å²) in [5.74, 6) is 0.662. The number of likely N-dealkylation sites (tertiary alicyclic amines) is 1. The predicted octanol–water partition coefficient (Wildman–Crippen LogP) is 4.04. The number of carbonyl (C=O) groups excluding carboxylic acids is 4. The zero-order valence-corrected chi connectivity index (χ0v) is 32.5. The molecule has 1 aliphatic carbocycles. The topological polar surface area (TPSA) is 166 Å². The van der Waals surface area contributed by atoms with E-state index in [4.69, 9.17) is 9.47 Å². The number of hydrogen-bond donors (Lipinski definition) is 2. The summed E-state index contributed by atoms with van der Waals surface area (Å²) in [5, 5.41) is 11.0. The maximum atomic E-state index is 13.4. The Bertz CT molecular complexity index is 2210. The van der Waals surface area contributed by atoms with E-state index in [9.17, 15) is 19.2 Å². The fourth-order valence-corrected chi connectivity index (χ4v) is 8.74. The minimum absolute atomic E-state index is 0.0532. The van der Waals surface area contributed by atoms with Gasteiger partial charge in [-0.3, -0.25) is 39.4 Å². The van der Waals surface area contributed by atoms with Crippen LogP contribution in [0.2, 0.25) is 0 Å². The lowest BCUT2D eigenvalue weighted by molar-refractivity contribution is -0.136. The summed E-state index contributed by atoms with van der Waals surface area (Å²) in [6, 6.07) is 12.5. The van der Waals surface area contributed by atoms with Gasteiger partial charge in [0.05, 0.1) is 28.9 Å². The second kappa shape index (κ2) is 15.2. The van der Waals surface area contributed by atoms with Crippen LogP contribution >= 0.6 is 0 Å². The third kappa shape index (κ3) is 7.57. The lowest BCUT2D eigenvalue weighted by Gasteiger charge is -2.43. The maximum Gasteiger partial charge on any atom is 0.266 e. The highest BCUT2D eigenvalue weighted by atomic mass is 16.5. The second-order valence-electron chi connectivity index (χ2n) is 16.5. The quantitative estimate of drug-likeness (QED) is 0.157. The zero-order chi connectivity index (χ0) is 39.3. The highest BCUT2D eigenvalue weighted by Crippen LogP contribution is 2.41. The van der Waals surface area contributed by atoms with Crippen molar-refractivity contribution < 1.29 is 28.7 Å². The molecule has 2 N–H and O–H groups in total. The van der Waals surface area contributed by atoms with Crippen molar-refractivity contribution in [3.8, 4) is 22.9 Å². The third-order valence-electron chi connectivity index (χ3n) is 12.3. The molecule has 1 unspecified atom stereocenters. The first-order valence-electron chi connectivity index (χ1n) is 20.3. The van der Waals surface area contributed by atoms with E-state index in [1.54, 1.807) is 24.5 Å². The number of benzene rings is 2. The van der Waals surface area contributed by atoms with Crippen LogP contribution in [0.25, 0.3) is 22.3 Å². The number of hydrogen-bond acceptors (Lipinski definition) is 12. The monoisotopic (exact) mass is 775 g/mol. The number of piperidine rings is 2. The van der Waals surface area contributed by atoms with Crippen molar-refractivity contribution in [2.24, 2.45) is 5.92 Å². The first-order valence-corrected chi connectivity index (χ1v) is 20.3. The van der Waals surface area contributed by atoms with Gasteiger partial charge < -0.3 is 19.3 Å². The molecular formula is C42H49N9O6. The van der Waals surface area contributed by atoms with Gasteiger partial charge in [0.15, 0.2) is 0 Å². The number of carbonyl (C=O) groups is 4. The van der Waals surface area contributed by atoms with Crippen LogP contribution in [-0.2, 0) is 9.59 Å². The van der Waals surface area contributed by atoms with Gasteiger partial charge in [-0.2, -0.15) is 5.10 Å². The van der Waals surface area contributed by atoms with Crippen molar-refractivity contribution in [2.75, 3.05) is 57.3 Å². The largest absolute Gasteiger partial charge is 0.493 e. The molecule has 298 valence electrons. The van der Waals surface area contributed by atoms with E-state index in [2.05, 4.69) is 66.2 Å². The Balaban J connectivity index is 0.728. The average molecular weight is 776 g/mol. The fourth-order valence-electron chi connectivity index (χ4n) is 8.74. The number of ether oxygens (including phenoxy) is 2. The van der Waals surface area contributed by atoms with Crippen molar-refractivity contribution in [3.63, 3.8) is 0 Å². The van der Waals surface area contributed by atoms with Gasteiger partial charge in [-0.25, -0.2) is 9.97 Å². The number of rotatable bonds is 12. The first-order chi connectivity index (χ1) is 27.6. The van der Waals surface area contributed by atoms with Crippen LogP contribution < -0.4 is 19.7 Å². The van der Waals surface area contributed by atoms with Gasteiger partial charge in [-0.05, 0) is 102 Å². The molecule has 5 aliphatic rings. The number of imide groups is 2. The number of nitrogens with zero attached hydrogens (tertiary/aromatic N) is 7. The number of aromatic amines is 1. The number of anilines is 1. The molecule has 4 aromatic rings. The van der Waals surface area contributed by atoms with Crippen LogP contribution in [0.15, 0.2) is 48.8 Å². The van der Waals surface area contributed by atoms with Crippen molar-refractivity contribution in [1.29, 1.82) is 0 Å². The molecule has 0 spiro atoms. The molecule has 6 heterocycles. The van der Waals surface area contributed by atoms with E-state index in [1.165, 1.54) is 0 Å². The molecule has 0 bridgehead atoms. The van der Waals surface area contributed by atoms with Crippen molar-refractivity contribution in [1.82, 2.24) is 40.2 Å². The van der Waals surface area contributed by atoms with E-state index in [0.717, 1.165) is 117 Å². The van der Waals surface area contributed by atoms with E-state index in [0.29, 0.717) is 24.3 Å². The Morgan fingerprint density at radius 2 is 1.79 bits per heavy atom. The Morgan fingerprint density at radius 1 is 0.947 bits per heavy atom. The first kappa shape index (κ1) is 37.2. The number of piperazine rings is 1. The lowest BCUT2D eigenvalue weighted by atomic mass is 9.95. The summed E-state index contributed by atoms with van der Waals surface area (Å²) in [7, 11) is 0. The van der Waals surface area contributed by atoms with E-state index >= 15 is 0 Å². The Morgan fingerprint density at radius 3 is 2.58 bits per heavy atom. The molecule has 1 saturated carbocycles. The highest BCUT2D eigenvalue weighted by Gasteiger charge is 2.46. The average Bonchev–Trinajstić information content (AvgIpc) is 3.69. The number of aromatic nitrogens is 4. The van der Waals surface area contributed by atoms with Gasteiger partial charge in [-0.15, -0.1) is 0 Å². The predicted molar refractivity (Wildman–Crippen MR) is 211 cm³/mol. The van der Waals surface area contributed by atoms with E-state index in [1.807, 2.05) is 12.1 Å². The Hall–Kier alpha value is -5.41. The SMILES string of the molecule is C[C@H]1CN(c2cc(-c3n[nH]c4ccc(OC5(C)CC5)cc34)ncn2)CCN1CC1CCN(CCCOc2cccc3c2C(=O)N(C2CCC(=O)NC2=O)C3=O)CC1. The molecule has 9 rings (SSSR count). The van der Waals surface area contributed by atoms with Gasteiger partial charge in [0.1, 0.15) is 41.0 Å². The van der Waals surface area contributed by atoms with Crippen LogP contribution in [0.3, 0.4) is 0 Å². The van der Waals surface area contributed by atoms with Crippen molar-refractivity contribution in [2.45, 2.75) is 76.5 Å². The van der Waals surface area contributed by atoms with Crippen LogP contribution in [0.4, 0.5) is 5.82 Å². The molecule has 2 atom stereocenters. The molecular weight excluding hydrogens is 727 g/mol. The van der Waals surface area contributed by atoms with Crippen LogP contribution in [0, 0.1) is 5.92 Å². The summed E-state index contributed by atoms with van der Waals surface area (Å²) >= 11 is 0. The smallest absolute Gasteiger partial charge is 0.266 e. The van der Waals surface area contributed by atoms with Gasteiger partial charge in [-0.1, -0.05) is 6.07 Å². The molecule has 4 fully saturated rings. The molecule has 57 heavy (non-hydrogen) atoms. The minimum atomic E-state index is -1.00. The number of nitrogens with one attached hydrogen (secondary N) is 2. The Kier molecular flexibility index (Phi) is 9.89. The Labute approximate surface area is 331 Å². The molecule has 4 amide bonds. The van der Waals surface area contributed by atoms with Crippen molar-refractivity contribution >= 4 is 40.3 Å². The summed E-state index contributed by atoms with van der Waals surface area (Å²) in [6.45, 7) is 11.7. The lowest BCUT2D eigenvalue weighted by Crippen LogP contribution is -2.54. The van der Waals surface area contributed by atoms with Crippen LogP contribution in [0.1, 0.15) is 79.5 Å². The minimum Gasteiger partial charge on any atom is -0.493 e. The molecule has 2 aromatic carbocycles. The normalized spacial score (nSPS) is 22.9. The number of H-pyrrole nitrogens is 1. The fraction of sp³-hybridized carbons (Fsp3) is 0.500. The van der Waals surface area contributed by atoms with Gasteiger partial charge >= 0.3 is 0 Å². The van der Waals surface area contributed by atoms with E-state index in [-0.39, 0.29) is 29.6 Å². The molecule has 3 saturated heterocycles. The van der Waals surface area contributed by atoms with Gasteiger partial charge in [0, 0.05) is 56.6 Å². The van der Waals surface area contributed by atoms with Gasteiger partial charge in [0.2, 0.25) is 11.8 Å². The maximum absolute atomic E-state index is 13.4. The zero-order valence-electron chi connectivity index (χ0n) is 32.5. The highest BCUT2D eigenvalue weighted by molar-refractivity contribution is 6.24. The number of fused-ring (bicyclic) bond motifs is 2. The molecule has 15 nitrogen and oxygen atoms in total. The van der Waals surface area contributed by atoms with Gasteiger partial charge in [0.25, 0.3) is 11.8 Å². The molecule has 0 radical (unpaired) electrons. The standard InChI is InChI=1S/C42H49N9O6/c1-26-23-50(35-22-32(43-25-44-35)38-30-21-28(57-42(2)13-14-42)7-8-31(30)46-47-38)19-18-49(26)24-27-11-16-48(17-12-27)15-4-20-56-34-6-3-5-29-37(34)41(55)51(40(29)54)33-9-10-36(52)45-39(33)53/h3,5-8,21-22,25-27,33H,4,9-20,23-24H2,1-2H3,(H,46,47)(H,45,52,53)/t26-,33?/m0/s1. The third-order valence-corrected chi connectivity index (χ3v) is 12.3. The molecule has 2 aromatic heterocycles. The molecule has 15 heteroatoms. The van der Waals surface area contributed by atoms with Crippen molar-refractivity contribution in [3.05, 3.63) is 59.9 Å². The summed E-state index contributed by atoms with van der Waals surface area (Å²) in [5.41, 5.74) is 2.91. The summed E-state index contributed by atoms with van der Waals surface area (Å²) in [6.07, 6.45) is 7.07. The molecule has 4 aliphatic heterocycles. The van der Waals surface area contributed by atoms with Crippen LogP contribution in [-0.4, -0.2) is 129 Å². The second-order valence-corrected chi connectivity index (χ2v) is 16.5. The van der Waals surface area contributed by atoms with Crippen LogP contribution in [0.5, 0.6) is 11.5 Å². The van der Waals surface area contributed by atoms with E-state index < -0.39 is 29.7 Å². The summed E-state index contributed by atoms with van der Waals surface area (Å²) < 4.78 is 12.3. The summed E-state index contributed by atoms with van der Waals surface area (Å²) in [4.78, 5) is 68.3.